The van der Waals surface area contributed by atoms with Crippen LogP contribution in [0, 0.1) is 5.82 Å². The van der Waals surface area contributed by atoms with E-state index in [0.29, 0.717) is 37.2 Å². The number of hydrogen-bond donors (Lipinski definition) is 2. The molecular formula is C30H24F4N4O4. The van der Waals surface area contributed by atoms with E-state index in [1.54, 1.807) is 29.2 Å². The lowest BCUT2D eigenvalue weighted by Crippen LogP contribution is -2.37. The maximum atomic E-state index is 13.7. The van der Waals surface area contributed by atoms with Crippen molar-refractivity contribution in [1.82, 2.24) is 14.7 Å². The van der Waals surface area contributed by atoms with Gasteiger partial charge in [0.2, 0.25) is 0 Å². The summed E-state index contributed by atoms with van der Waals surface area (Å²) >= 11 is 0. The summed E-state index contributed by atoms with van der Waals surface area (Å²) in [5.74, 6) is -2.66. The van der Waals surface area contributed by atoms with Crippen molar-refractivity contribution in [3.05, 3.63) is 113 Å². The molecule has 1 fully saturated rings. The predicted octanol–water partition coefficient (Wildman–Crippen LogP) is 6.00. The molecule has 216 valence electrons. The van der Waals surface area contributed by atoms with E-state index in [1.165, 1.54) is 36.4 Å². The fourth-order valence-electron chi connectivity index (χ4n) is 4.87. The SMILES string of the molecule is O=C(O)c1ccc(C(=O)N2CCC(c3ccc(NC(=O)c4cn(-c5ccc(F)cc5)nc4C(F)(F)F)cc3)CC2)cc1. The quantitative estimate of drug-likeness (QED) is 0.272. The number of nitrogens with zero attached hydrogens (tertiary/aromatic N) is 3. The van der Waals surface area contributed by atoms with E-state index in [2.05, 4.69) is 10.4 Å². The highest BCUT2D eigenvalue weighted by atomic mass is 19.4. The molecule has 1 saturated heterocycles. The lowest BCUT2D eigenvalue weighted by Gasteiger charge is -2.32. The molecule has 0 atom stereocenters. The standard InChI is InChI=1S/C30H24F4N4O4/c31-22-7-11-24(12-8-22)38-17-25(26(36-38)30(32,33)34)27(39)35-23-9-5-18(6-10-23)19-13-15-37(16-14-19)28(40)20-1-3-21(4-2-20)29(41)42/h1-12,17,19H,13-16H2,(H,35,39)(H,41,42). The maximum Gasteiger partial charge on any atom is 0.435 e. The molecule has 1 aromatic heterocycles. The van der Waals surface area contributed by atoms with Crippen molar-refractivity contribution in [2.75, 3.05) is 18.4 Å². The minimum atomic E-state index is -4.89. The Hall–Kier alpha value is -5.00. The molecule has 0 bridgehead atoms. The number of anilines is 1. The van der Waals surface area contributed by atoms with Gasteiger partial charge >= 0.3 is 12.1 Å². The van der Waals surface area contributed by atoms with Gasteiger partial charge in [-0.3, -0.25) is 9.59 Å². The third-order valence-electron chi connectivity index (χ3n) is 7.12. The Balaban J connectivity index is 1.22. The Kier molecular flexibility index (Phi) is 7.79. The van der Waals surface area contributed by atoms with Gasteiger partial charge in [0.25, 0.3) is 11.8 Å². The highest BCUT2D eigenvalue weighted by molar-refractivity contribution is 6.05. The van der Waals surface area contributed by atoms with Gasteiger partial charge in [0.05, 0.1) is 16.8 Å². The van der Waals surface area contributed by atoms with Crippen molar-refractivity contribution >= 4 is 23.5 Å². The Morgan fingerprint density at radius 3 is 2.02 bits per heavy atom. The average Bonchev–Trinajstić information content (AvgIpc) is 3.45. The molecule has 8 nitrogen and oxygen atoms in total. The average molecular weight is 581 g/mol. The molecule has 5 rings (SSSR count). The van der Waals surface area contributed by atoms with Gasteiger partial charge in [-0.25, -0.2) is 13.9 Å². The van der Waals surface area contributed by atoms with Crippen LogP contribution in [0.25, 0.3) is 5.69 Å². The molecule has 1 aliphatic rings. The third-order valence-corrected chi connectivity index (χ3v) is 7.12. The first-order chi connectivity index (χ1) is 20.0. The number of benzene rings is 3. The van der Waals surface area contributed by atoms with E-state index >= 15 is 0 Å². The summed E-state index contributed by atoms with van der Waals surface area (Å²) in [6, 6.07) is 17.2. The van der Waals surface area contributed by atoms with Crippen molar-refractivity contribution in [2.24, 2.45) is 0 Å². The van der Waals surface area contributed by atoms with Crippen molar-refractivity contribution in [3.63, 3.8) is 0 Å². The monoisotopic (exact) mass is 580 g/mol. The van der Waals surface area contributed by atoms with Gasteiger partial charge in [-0.05, 0) is 85.0 Å². The largest absolute Gasteiger partial charge is 0.478 e. The fourth-order valence-corrected chi connectivity index (χ4v) is 4.87. The van der Waals surface area contributed by atoms with Crippen LogP contribution in [-0.4, -0.2) is 50.7 Å². The Morgan fingerprint density at radius 2 is 1.45 bits per heavy atom. The normalized spacial score (nSPS) is 14.0. The van der Waals surface area contributed by atoms with Crippen LogP contribution in [0.3, 0.4) is 0 Å². The summed E-state index contributed by atoms with van der Waals surface area (Å²) < 4.78 is 55.1. The topological polar surface area (TPSA) is 105 Å². The van der Waals surface area contributed by atoms with E-state index in [1.807, 2.05) is 0 Å². The summed E-state index contributed by atoms with van der Waals surface area (Å²) in [5, 5.41) is 15.0. The zero-order valence-corrected chi connectivity index (χ0v) is 21.9. The second-order valence-corrected chi connectivity index (χ2v) is 9.84. The van der Waals surface area contributed by atoms with Crippen LogP contribution in [0.4, 0.5) is 23.2 Å². The number of carbonyl (C=O) groups excluding carboxylic acids is 2. The number of hydrogen-bond acceptors (Lipinski definition) is 4. The fraction of sp³-hybridized carbons (Fsp3) is 0.200. The minimum absolute atomic E-state index is 0.103. The van der Waals surface area contributed by atoms with Crippen molar-refractivity contribution in [2.45, 2.75) is 24.9 Å². The molecule has 0 saturated carbocycles. The second-order valence-electron chi connectivity index (χ2n) is 9.84. The van der Waals surface area contributed by atoms with Gasteiger partial charge in [0.1, 0.15) is 5.82 Å². The van der Waals surface area contributed by atoms with Gasteiger partial charge in [-0.2, -0.15) is 18.3 Å². The molecule has 1 aliphatic heterocycles. The number of aromatic nitrogens is 2. The number of likely N-dealkylation sites (tertiary alicyclic amines) is 1. The van der Waals surface area contributed by atoms with Gasteiger partial charge in [0.15, 0.2) is 5.69 Å². The number of rotatable bonds is 6. The molecule has 0 aliphatic carbocycles. The summed E-state index contributed by atoms with van der Waals surface area (Å²) in [4.78, 5) is 38.4. The summed E-state index contributed by atoms with van der Waals surface area (Å²) in [5.41, 5.74) is -0.101. The number of carboxylic acid groups (broad SMARTS) is 1. The number of carboxylic acids is 1. The van der Waals surface area contributed by atoms with Crippen molar-refractivity contribution in [3.8, 4) is 5.69 Å². The number of aromatic carboxylic acids is 1. The third kappa shape index (κ3) is 6.17. The molecule has 0 spiro atoms. The highest BCUT2D eigenvalue weighted by Gasteiger charge is 2.39. The first kappa shape index (κ1) is 28.5. The number of alkyl halides is 3. The molecule has 42 heavy (non-hydrogen) atoms. The van der Waals surface area contributed by atoms with Crippen LogP contribution in [0.5, 0.6) is 0 Å². The minimum Gasteiger partial charge on any atom is -0.478 e. The van der Waals surface area contributed by atoms with Crippen LogP contribution in [0.15, 0.2) is 79.0 Å². The predicted molar refractivity (Wildman–Crippen MR) is 144 cm³/mol. The maximum absolute atomic E-state index is 13.7. The smallest absolute Gasteiger partial charge is 0.435 e. The molecule has 4 aromatic rings. The second kappa shape index (κ2) is 11.5. The van der Waals surface area contributed by atoms with Gasteiger partial charge < -0.3 is 15.3 Å². The van der Waals surface area contributed by atoms with Gasteiger partial charge in [-0.15, -0.1) is 0 Å². The van der Waals surface area contributed by atoms with E-state index in [-0.39, 0.29) is 23.1 Å². The van der Waals surface area contributed by atoms with E-state index in [9.17, 15) is 31.9 Å². The number of carbonyl (C=O) groups is 3. The number of amides is 2. The lowest BCUT2D eigenvalue weighted by molar-refractivity contribution is -0.141. The van der Waals surface area contributed by atoms with Gasteiger partial charge in [0, 0.05) is 30.5 Å². The highest BCUT2D eigenvalue weighted by Crippen LogP contribution is 2.33. The zero-order chi connectivity index (χ0) is 30.0. The number of halogens is 4. The van der Waals surface area contributed by atoms with Crippen LogP contribution < -0.4 is 5.32 Å². The zero-order valence-electron chi connectivity index (χ0n) is 21.9. The van der Waals surface area contributed by atoms with Crippen LogP contribution in [0.1, 0.15) is 61.1 Å². The molecule has 0 unspecified atom stereocenters. The Labute approximate surface area is 237 Å². The molecule has 0 radical (unpaired) electrons. The molecule has 2 amide bonds. The van der Waals surface area contributed by atoms with Crippen molar-refractivity contribution in [1.29, 1.82) is 0 Å². The first-order valence-corrected chi connectivity index (χ1v) is 13.0. The molecule has 2 N–H and O–H groups in total. The lowest BCUT2D eigenvalue weighted by atomic mass is 9.89. The molecule has 2 heterocycles. The Morgan fingerprint density at radius 1 is 0.857 bits per heavy atom. The van der Waals surface area contributed by atoms with Crippen molar-refractivity contribution < 1.29 is 37.1 Å². The Bertz CT molecular complexity index is 1610. The van der Waals surface area contributed by atoms with Crippen LogP contribution >= 0.6 is 0 Å². The van der Waals surface area contributed by atoms with E-state index < -0.39 is 35.1 Å². The van der Waals surface area contributed by atoms with Gasteiger partial charge in [-0.1, -0.05) is 12.1 Å². The number of nitrogens with one attached hydrogen (secondary N) is 1. The summed E-state index contributed by atoms with van der Waals surface area (Å²) in [6.07, 6.45) is -2.57. The van der Waals surface area contributed by atoms with Crippen LogP contribution in [0.2, 0.25) is 0 Å². The van der Waals surface area contributed by atoms with Crippen LogP contribution in [-0.2, 0) is 6.18 Å². The van der Waals surface area contributed by atoms with E-state index in [0.717, 1.165) is 28.6 Å². The summed E-state index contributed by atoms with van der Waals surface area (Å²) in [6.45, 7) is 1.00. The summed E-state index contributed by atoms with van der Waals surface area (Å²) in [7, 11) is 0. The molecule has 3 aromatic carbocycles. The molecular weight excluding hydrogens is 556 g/mol. The first-order valence-electron chi connectivity index (χ1n) is 13.0. The number of piperidine rings is 1. The molecule has 12 heteroatoms. The van der Waals surface area contributed by atoms with E-state index in [4.69, 9.17) is 5.11 Å².